The number of non-ortho nitro benzene ring substituents is 1. The minimum Gasteiger partial charge on any atom is -0.308 e. The summed E-state index contributed by atoms with van der Waals surface area (Å²) < 4.78 is 24.3. The number of carbonyl (C=O) groups excluding carboxylic acids is 1. The number of carbonyl (C=O) groups is 1. The first-order chi connectivity index (χ1) is 14.1. The number of benzene rings is 2. The Morgan fingerprint density at radius 3 is 2.32 bits per heavy atom. The standard InChI is InChI=1S/C19H20N4O5S2.ClH/c1-21(2)10-11-22(18(24)13-4-6-14(7-5-13)23(25)26)19-20-16-9-8-15(30(3,27)28)12-17(16)29-19;/h4-9,12H,10-11H2,1-3H3;1H. The summed E-state index contributed by atoms with van der Waals surface area (Å²) in [5, 5.41) is 11.3. The number of aromatic nitrogens is 1. The van der Waals surface area contributed by atoms with Crippen LogP contribution in [0.25, 0.3) is 10.2 Å². The van der Waals surface area contributed by atoms with Crippen molar-refractivity contribution in [3.8, 4) is 0 Å². The molecule has 1 amide bonds. The number of fused-ring (bicyclic) bond motifs is 1. The molecule has 0 aliphatic rings. The lowest BCUT2D eigenvalue weighted by Gasteiger charge is -2.22. The highest BCUT2D eigenvalue weighted by atomic mass is 35.5. The smallest absolute Gasteiger partial charge is 0.269 e. The van der Waals surface area contributed by atoms with Gasteiger partial charge in [0.2, 0.25) is 0 Å². The van der Waals surface area contributed by atoms with Crippen LogP contribution in [-0.4, -0.2) is 62.6 Å². The average Bonchev–Trinajstić information content (AvgIpc) is 3.10. The normalized spacial score (nSPS) is 11.4. The van der Waals surface area contributed by atoms with Crippen LogP contribution in [0.4, 0.5) is 10.8 Å². The number of nitro benzene ring substituents is 1. The van der Waals surface area contributed by atoms with Crippen molar-refractivity contribution in [3.63, 3.8) is 0 Å². The molecule has 0 atom stereocenters. The second-order valence-electron chi connectivity index (χ2n) is 6.96. The molecule has 0 unspecified atom stereocenters. The summed E-state index contributed by atoms with van der Waals surface area (Å²) in [6.07, 6.45) is 1.14. The summed E-state index contributed by atoms with van der Waals surface area (Å²) >= 11 is 1.22. The Balaban J connectivity index is 0.00000341. The number of likely N-dealkylation sites (N-methyl/N-ethyl adjacent to an activating group) is 1. The van der Waals surface area contributed by atoms with E-state index < -0.39 is 14.8 Å². The van der Waals surface area contributed by atoms with E-state index in [0.717, 1.165) is 6.26 Å². The lowest BCUT2D eigenvalue weighted by Crippen LogP contribution is -2.36. The van der Waals surface area contributed by atoms with Gasteiger partial charge in [-0.25, -0.2) is 13.4 Å². The molecule has 0 fully saturated rings. The average molecular weight is 485 g/mol. The van der Waals surface area contributed by atoms with E-state index in [1.54, 1.807) is 12.1 Å². The number of sulfone groups is 1. The summed E-state index contributed by atoms with van der Waals surface area (Å²) in [5.74, 6) is -0.339. The second-order valence-corrected chi connectivity index (χ2v) is 9.99. The van der Waals surface area contributed by atoms with Gasteiger partial charge in [0, 0.05) is 37.0 Å². The van der Waals surface area contributed by atoms with Gasteiger partial charge in [-0.1, -0.05) is 11.3 Å². The van der Waals surface area contributed by atoms with E-state index in [0.29, 0.717) is 34.0 Å². The molecule has 0 aliphatic carbocycles. The SMILES string of the molecule is CN(C)CCN(C(=O)c1ccc([N+](=O)[O-])cc1)c1nc2ccc(S(C)(=O)=O)cc2s1.Cl. The Bertz CT molecular complexity index is 1210. The molecule has 3 aromatic rings. The van der Waals surface area contributed by atoms with Crippen molar-refractivity contribution in [1.82, 2.24) is 9.88 Å². The van der Waals surface area contributed by atoms with Gasteiger partial charge in [0.25, 0.3) is 11.6 Å². The van der Waals surface area contributed by atoms with Crippen molar-refractivity contribution in [3.05, 3.63) is 58.1 Å². The zero-order chi connectivity index (χ0) is 22.1. The van der Waals surface area contributed by atoms with E-state index in [4.69, 9.17) is 0 Å². The number of rotatable bonds is 7. The Morgan fingerprint density at radius 2 is 1.77 bits per heavy atom. The van der Waals surface area contributed by atoms with Crippen LogP contribution in [0.5, 0.6) is 0 Å². The van der Waals surface area contributed by atoms with Gasteiger partial charge < -0.3 is 4.90 Å². The molecule has 0 saturated heterocycles. The molecule has 9 nitrogen and oxygen atoms in total. The van der Waals surface area contributed by atoms with Crippen LogP contribution in [-0.2, 0) is 9.84 Å². The lowest BCUT2D eigenvalue weighted by atomic mass is 10.2. The number of hydrogen-bond acceptors (Lipinski definition) is 8. The third-order valence-electron chi connectivity index (χ3n) is 4.35. The molecule has 2 aromatic carbocycles. The monoisotopic (exact) mass is 484 g/mol. The topological polar surface area (TPSA) is 114 Å². The first-order valence-electron chi connectivity index (χ1n) is 8.88. The van der Waals surface area contributed by atoms with Crippen LogP contribution in [0.3, 0.4) is 0 Å². The predicted molar refractivity (Wildman–Crippen MR) is 123 cm³/mol. The van der Waals surface area contributed by atoms with E-state index in [1.165, 1.54) is 46.6 Å². The summed E-state index contributed by atoms with van der Waals surface area (Å²) in [6, 6.07) is 10.1. The van der Waals surface area contributed by atoms with Gasteiger partial charge in [-0.2, -0.15) is 0 Å². The summed E-state index contributed by atoms with van der Waals surface area (Å²) in [7, 11) is 0.400. The molecule has 1 heterocycles. The van der Waals surface area contributed by atoms with Gasteiger partial charge >= 0.3 is 0 Å². The Labute approximate surface area is 189 Å². The van der Waals surface area contributed by atoms with Crippen LogP contribution in [0, 0.1) is 10.1 Å². The molecule has 0 saturated carbocycles. The Hall–Kier alpha value is -2.60. The quantitative estimate of drug-likeness (QED) is 0.373. The molecule has 31 heavy (non-hydrogen) atoms. The minimum atomic E-state index is -3.36. The van der Waals surface area contributed by atoms with E-state index >= 15 is 0 Å². The number of anilines is 1. The molecular weight excluding hydrogens is 464 g/mol. The molecule has 12 heteroatoms. The summed E-state index contributed by atoms with van der Waals surface area (Å²) in [4.78, 5) is 31.6. The maximum Gasteiger partial charge on any atom is 0.269 e. The van der Waals surface area contributed by atoms with Crippen LogP contribution in [0.1, 0.15) is 10.4 Å². The number of halogens is 1. The molecule has 0 aliphatic heterocycles. The van der Waals surface area contributed by atoms with E-state index in [-0.39, 0.29) is 28.9 Å². The number of nitrogens with zero attached hydrogens (tertiary/aromatic N) is 4. The fraction of sp³-hybridized carbons (Fsp3) is 0.263. The van der Waals surface area contributed by atoms with Gasteiger partial charge in [0.1, 0.15) is 0 Å². The van der Waals surface area contributed by atoms with E-state index in [1.807, 2.05) is 19.0 Å². The van der Waals surface area contributed by atoms with Gasteiger partial charge in [0.05, 0.1) is 20.0 Å². The Kier molecular flexibility index (Phi) is 7.71. The highest BCUT2D eigenvalue weighted by molar-refractivity contribution is 7.90. The van der Waals surface area contributed by atoms with Gasteiger partial charge in [-0.3, -0.25) is 19.8 Å². The van der Waals surface area contributed by atoms with Gasteiger partial charge in [-0.15, -0.1) is 12.4 Å². The van der Waals surface area contributed by atoms with Crippen molar-refractivity contribution in [2.75, 3.05) is 38.3 Å². The molecule has 0 N–H and O–H groups in total. The maximum atomic E-state index is 13.2. The van der Waals surface area contributed by atoms with E-state index in [2.05, 4.69) is 4.98 Å². The molecule has 166 valence electrons. The zero-order valence-corrected chi connectivity index (χ0v) is 19.5. The van der Waals surface area contributed by atoms with Gasteiger partial charge in [0.15, 0.2) is 15.0 Å². The fourth-order valence-corrected chi connectivity index (χ4v) is 4.46. The molecular formula is C19H21ClN4O5S2. The van der Waals surface area contributed by atoms with Crippen LogP contribution in [0.2, 0.25) is 0 Å². The van der Waals surface area contributed by atoms with Crippen molar-refractivity contribution >= 4 is 60.5 Å². The third-order valence-corrected chi connectivity index (χ3v) is 6.50. The molecule has 1 aromatic heterocycles. The first-order valence-corrected chi connectivity index (χ1v) is 11.6. The van der Waals surface area contributed by atoms with Crippen molar-refractivity contribution in [1.29, 1.82) is 0 Å². The number of thiazole rings is 1. The van der Waals surface area contributed by atoms with Crippen molar-refractivity contribution in [2.45, 2.75) is 4.90 Å². The number of hydrogen-bond donors (Lipinski definition) is 0. The molecule has 0 radical (unpaired) electrons. The maximum absolute atomic E-state index is 13.2. The number of nitro groups is 1. The highest BCUT2D eigenvalue weighted by Gasteiger charge is 2.22. The van der Waals surface area contributed by atoms with Gasteiger partial charge in [-0.05, 0) is 44.4 Å². The minimum absolute atomic E-state index is 0. The first kappa shape index (κ1) is 24.7. The predicted octanol–water partition coefficient (Wildman–Crippen LogP) is 3.24. The lowest BCUT2D eigenvalue weighted by molar-refractivity contribution is -0.384. The Morgan fingerprint density at radius 1 is 1.13 bits per heavy atom. The summed E-state index contributed by atoms with van der Waals surface area (Å²) in [5.41, 5.74) is 0.795. The van der Waals surface area contributed by atoms with Crippen LogP contribution < -0.4 is 4.90 Å². The van der Waals surface area contributed by atoms with Crippen LogP contribution >= 0.6 is 23.7 Å². The number of amides is 1. The van der Waals surface area contributed by atoms with Crippen LogP contribution in [0.15, 0.2) is 47.4 Å². The zero-order valence-electron chi connectivity index (χ0n) is 17.0. The highest BCUT2D eigenvalue weighted by Crippen LogP contribution is 2.31. The molecule has 3 rings (SSSR count). The van der Waals surface area contributed by atoms with Crippen molar-refractivity contribution < 1.29 is 18.1 Å². The van der Waals surface area contributed by atoms with Crippen molar-refractivity contribution in [2.24, 2.45) is 0 Å². The van der Waals surface area contributed by atoms with E-state index in [9.17, 15) is 23.3 Å². The second kappa shape index (κ2) is 9.69. The summed E-state index contributed by atoms with van der Waals surface area (Å²) in [6.45, 7) is 0.921. The third kappa shape index (κ3) is 5.76. The molecule has 0 spiro atoms. The largest absolute Gasteiger partial charge is 0.308 e. The molecule has 0 bridgehead atoms. The fourth-order valence-electron chi connectivity index (χ4n) is 2.70.